The Bertz CT molecular complexity index is 582. The molecule has 0 bridgehead atoms. The van der Waals surface area contributed by atoms with E-state index in [9.17, 15) is 13.2 Å². The predicted molar refractivity (Wildman–Crippen MR) is 69.1 cm³/mol. The van der Waals surface area contributed by atoms with E-state index in [0.29, 0.717) is 5.52 Å². The van der Waals surface area contributed by atoms with Crippen LogP contribution in [0.25, 0.3) is 11.0 Å². The second kappa shape index (κ2) is 4.87. The van der Waals surface area contributed by atoms with Gasteiger partial charge in [-0.3, -0.25) is 0 Å². The number of rotatable bonds is 3. The van der Waals surface area contributed by atoms with Crippen molar-refractivity contribution in [1.29, 1.82) is 0 Å². The third kappa shape index (κ3) is 2.60. The van der Waals surface area contributed by atoms with Gasteiger partial charge >= 0.3 is 6.18 Å². The zero-order valence-electron chi connectivity index (χ0n) is 11.3. The van der Waals surface area contributed by atoms with E-state index in [4.69, 9.17) is 0 Å². The Balaban J connectivity index is 2.62. The Morgan fingerprint density at radius 3 is 2.47 bits per heavy atom. The second-order valence-electron chi connectivity index (χ2n) is 4.94. The van der Waals surface area contributed by atoms with Crippen LogP contribution in [0.1, 0.15) is 44.6 Å². The van der Waals surface area contributed by atoms with E-state index < -0.39 is 11.7 Å². The summed E-state index contributed by atoms with van der Waals surface area (Å²) in [6, 6.07) is 3.96. The highest BCUT2D eigenvalue weighted by molar-refractivity contribution is 5.77. The Hall–Kier alpha value is -1.52. The minimum absolute atomic E-state index is 0.184. The highest BCUT2D eigenvalue weighted by Gasteiger charge is 2.31. The third-order valence-corrected chi connectivity index (χ3v) is 3.08. The van der Waals surface area contributed by atoms with Gasteiger partial charge in [0.2, 0.25) is 0 Å². The summed E-state index contributed by atoms with van der Waals surface area (Å²) in [6.07, 6.45) is -2.63. The van der Waals surface area contributed by atoms with Gasteiger partial charge in [0, 0.05) is 12.5 Å². The molecule has 0 aliphatic carbocycles. The summed E-state index contributed by atoms with van der Waals surface area (Å²) >= 11 is 0. The molecule has 0 aliphatic rings. The lowest BCUT2D eigenvalue weighted by molar-refractivity contribution is -0.137. The van der Waals surface area contributed by atoms with Crippen LogP contribution < -0.4 is 0 Å². The maximum Gasteiger partial charge on any atom is 0.416 e. The van der Waals surface area contributed by atoms with Gasteiger partial charge in [0.15, 0.2) is 0 Å². The van der Waals surface area contributed by atoms with E-state index in [2.05, 4.69) is 4.98 Å². The quantitative estimate of drug-likeness (QED) is 0.797. The van der Waals surface area contributed by atoms with Gasteiger partial charge in [-0.1, -0.05) is 6.92 Å². The molecule has 0 spiro atoms. The molecule has 1 aromatic carbocycles. The normalized spacial score (nSPS) is 12.6. The van der Waals surface area contributed by atoms with Crippen molar-refractivity contribution in [2.24, 2.45) is 0 Å². The number of halogens is 3. The number of nitrogens with zero attached hydrogens (tertiary/aromatic N) is 2. The molecule has 1 heterocycles. The molecule has 0 radical (unpaired) electrons. The fourth-order valence-corrected chi connectivity index (χ4v) is 2.30. The monoisotopic (exact) mass is 270 g/mol. The molecule has 2 rings (SSSR count). The average Bonchev–Trinajstić information content (AvgIpc) is 2.65. The molecule has 0 saturated heterocycles. The molecular weight excluding hydrogens is 253 g/mol. The largest absolute Gasteiger partial charge is 0.416 e. The van der Waals surface area contributed by atoms with Gasteiger partial charge in [0.1, 0.15) is 5.82 Å². The van der Waals surface area contributed by atoms with Crippen LogP contribution >= 0.6 is 0 Å². The summed E-state index contributed by atoms with van der Waals surface area (Å²) in [6.45, 7) is 6.06. The molecule has 1 aromatic heterocycles. The summed E-state index contributed by atoms with van der Waals surface area (Å²) < 4.78 is 40.1. The third-order valence-electron chi connectivity index (χ3n) is 3.08. The molecule has 0 unspecified atom stereocenters. The summed E-state index contributed by atoms with van der Waals surface area (Å²) in [5.74, 6) is 0.854. The Morgan fingerprint density at radius 1 is 1.26 bits per heavy atom. The first-order valence-electron chi connectivity index (χ1n) is 6.42. The van der Waals surface area contributed by atoms with Crippen molar-refractivity contribution in [3.05, 3.63) is 29.6 Å². The Morgan fingerprint density at radius 2 is 1.95 bits per heavy atom. The highest BCUT2D eigenvalue weighted by Crippen LogP contribution is 2.32. The molecule has 0 fully saturated rings. The van der Waals surface area contributed by atoms with E-state index in [1.165, 1.54) is 6.07 Å². The van der Waals surface area contributed by atoms with Crippen LogP contribution in [-0.4, -0.2) is 9.55 Å². The molecule has 19 heavy (non-hydrogen) atoms. The Kier molecular flexibility index (Phi) is 3.56. The summed E-state index contributed by atoms with van der Waals surface area (Å²) in [7, 11) is 0. The molecule has 0 atom stereocenters. The number of hydrogen-bond acceptors (Lipinski definition) is 1. The van der Waals surface area contributed by atoms with E-state index in [1.54, 1.807) is 0 Å². The number of imidazole rings is 1. The lowest BCUT2D eigenvalue weighted by Crippen LogP contribution is -2.06. The van der Waals surface area contributed by atoms with E-state index in [1.807, 2.05) is 25.3 Å². The van der Waals surface area contributed by atoms with Crippen LogP contribution in [0.3, 0.4) is 0 Å². The number of benzene rings is 1. The Labute approximate surface area is 110 Å². The molecule has 2 nitrogen and oxygen atoms in total. The highest BCUT2D eigenvalue weighted by atomic mass is 19.4. The van der Waals surface area contributed by atoms with Crippen LogP contribution in [0, 0.1) is 0 Å². The van der Waals surface area contributed by atoms with Crippen molar-refractivity contribution in [2.45, 2.75) is 45.8 Å². The van der Waals surface area contributed by atoms with Crippen LogP contribution in [0.15, 0.2) is 18.2 Å². The van der Waals surface area contributed by atoms with Crippen molar-refractivity contribution in [3.8, 4) is 0 Å². The molecule has 0 saturated carbocycles. The topological polar surface area (TPSA) is 17.8 Å². The van der Waals surface area contributed by atoms with Crippen LogP contribution in [-0.2, 0) is 12.6 Å². The van der Waals surface area contributed by atoms with Crippen LogP contribution in [0.2, 0.25) is 0 Å². The molecule has 104 valence electrons. The average molecular weight is 270 g/mol. The van der Waals surface area contributed by atoms with Crippen molar-refractivity contribution in [1.82, 2.24) is 9.55 Å². The van der Waals surface area contributed by atoms with Gasteiger partial charge in [-0.2, -0.15) is 13.2 Å². The first-order valence-corrected chi connectivity index (χ1v) is 6.42. The van der Waals surface area contributed by atoms with Crippen molar-refractivity contribution < 1.29 is 13.2 Å². The maximum absolute atomic E-state index is 12.7. The zero-order valence-corrected chi connectivity index (χ0v) is 11.3. The van der Waals surface area contributed by atoms with E-state index >= 15 is 0 Å². The van der Waals surface area contributed by atoms with Crippen molar-refractivity contribution >= 4 is 11.0 Å². The number of aryl methyl sites for hydroxylation is 1. The fraction of sp³-hybridized carbons (Fsp3) is 0.500. The minimum atomic E-state index is -4.32. The van der Waals surface area contributed by atoms with Crippen molar-refractivity contribution in [2.75, 3.05) is 0 Å². The lowest BCUT2D eigenvalue weighted by atomic mass is 10.2. The number of alkyl halides is 3. The fourth-order valence-electron chi connectivity index (χ4n) is 2.30. The summed E-state index contributed by atoms with van der Waals surface area (Å²) in [4.78, 5) is 4.36. The maximum atomic E-state index is 12.7. The lowest BCUT2D eigenvalue weighted by Gasteiger charge is -2.13. The van der Waals surface area contributed by atoms with Gasteiger partial charge < -0.3 is 4.57 Å². The molecule has 0 aliphatic heterocycles. The summed E-state index contributed by atoms with van der Waals surface area (Å²) in [5, 5.41) is 0. The predicted octanol–water partition coefficient (Wildman–Crippen LogP) is 4.59. The van der Waals surface area contributed by atoms with E-state index in [-0.39, 0.29) is 6.04 Å². The second-order valence-corrected chi connectivity index (χ2v) is 4.94. The van der Waals surface area contributed by atoms with Crippen LogP contribution in [0.4, 0.5) is 13.2 Å². The smallest absolute Gasteiger partial charge is 0.325 e. The van der Waals surface area contributed by atoms with Gasteiger partial charge in [0.25, 0.3) is 0 Å². The van der Waals surface area contributed by atoms with Gasteiger partial charge in [0.05, 0.1) is 16.6 Å². The molecule has 0 N–H and O–H groups in total. The van der Waals surface area contributed by atoms with Gasteiger partial charge in [-0.05, 0) is 38.5 Å². The van der Waals surface area contributed by atoms with E-state index in [0.717, 1.165) is 36.3 Å². The first-order chi connectivity index (χ1) is 8.84. The van der Waals surface area contributed by atoms with Gasteiger partial charge in [-0.25, -0.2) is 4.98 Å². The number of fused-ring (bicyclic) bond motifs is 1. The molecule has 5 heteroatoms. The molecule has 0 amide bonds. The zero-order chi connectivity index (χ0) is 14.2. The standard InChI is InChI=1S/C14H17F3N2/c1-4-5-13-18-11-8-10(14(15,16)17)6-7-12(11)19(13)9(2)3/h6-9H,4-5H2,1-3H3. The molecular formula is C14H17F3N2. The number of aromatic nitrogens is 2. The minimum Gasteiger partial charge on any atom is -0.325 e. The SMILES string of the molecule is CCCc1nc2cc(C(F)(F)F)ccc2n1C(C)C. The number of hydrogen-bond donors (Lipinski definition) is 0. The molecule has 2 aromatic rings. The first kappa shape index (κ1) is 13.9. The summed E-state index contributed by atoms with van der Waals surface area (Å²) in [5.41, 5.74) is 0.551. The van der Waals surface area contributed by atoms with Crippen molar-refractivity contribution in [3.63, 3.8) is 0 Å². The van der Waals surface area contributed by atoms with Gasteiger partial charge in [-0.15, -0.1) is 0 Å². The van der Waals surface area contributed by atoms with Crippen LogP contribution in [0.5, 0.6) is 0 Å².